The SMILES string of the molecule is CC(NC(=O)COc1ccc2c(c1)CCC2)c1ncc[nH]1. The average molecular weight is 285 g/mol. The largest absolute Gasteiger partial charge is 0.484 e. The maximum Gasteiger partial charge on any atom is 0.258 e. The molecule has 1 heterocycles. The average Bonchev–Trinajstić information content (AvgIpc) is 3.15. The molecule has 110 valence electrons. The number of carbonyl (C=O) groups is 1. The summed E-state index contributed by atoms with van der Waals surface area (Å²) < 4.78 is 5.57. The summed E-state index contributed by atoms with van der Waals surface area (Å²) >= 11 is 0. The van der Waals surface area contributed by atoms with Gasteiger partial charge in [0.1, 0.15) is 11.6 Å². The van der Waals surface area contributed by atoms with Crippen molar-refractivity contribution in [1.29, 1.82) is 0 Å². The second-order valence-corrected chi connectivity index (χ2v) is 5.34. The van der Waals surface area contributed by atoms with E-state index in [1.807, 2.05) is 19.1 Å². The van der Waals surface area contributed by atoms with Gasteiger partial charge >= 0.3 is 0 Å². The van der Waals surface area contributed by atoms with E-state index in [0.29, 0.717) is 0 Å². The Morgan fingerprint density at radius 2 is 2.29 bits per heavy atom. The molecule has 1 amide bonds. The molecule has 0 radical (unpaired) electrons. The minimum absolute atomic E-state index is 0.0177. The molecule has 0 fully saturated rings. The quantitative estimate of drug-likeness (QED) is 0.884. The second kappa shape index (κ2) is 5.99. The van der Waals surface area contributed by atoms with Crippen molar-refractivity contribution >= 4 is 5.91 Å². The third-order valence-electron chi connectivity index (χ3n) is 3.75. The lowest BCUT2D eigenvalue weighted by molar-refractivity contribution is -0.123. The number of hydrogen-bond acceptors (Lipinski definition) is 3. The highest BCUT2D eigenvalue weighted by molar-refractivity contribution is 5.77. The van der Waals surface area contributed by atoms with Crippen molar-refractivity contribution in [3.63, 3.8) is 0 Å². The van der Waals surface area contributed by atoms with Gasteiger partial charge in [-0.25, -0.2) is 4.98 Å². The van der Waals surface area contributed by atoms with Gasteiger partial charge in [0.25, 0.3) is 5.91 Å². The molecule has 0 bridgehead atoms. The molecule has 0 saturated carbocycles. The number of H-pyrrole nitrogens is 1. The van der Waals surface area contributed by atoms with E-state index >= 15 is 0 Å². The number of benzene rings is 1. The highest BCUT2D eigenvalue weighted by atomic mass is 16.5. The van der Waals surface area contributed by atoms with Crippen molar-refractivity contribution in [2.24, 2.45) is 0 Å². The Labute approximate surface area is 123 Å². The summed E-state index contributed by atoms with van der Waals surface area (Å²) in [5.74, 6) is 1.34. The van der Waals surface area contributed by atoms with Crippen LogP contribution >= 0.6 is 0 Å². The van der Waals surface area contributed by atoms with Gasteiger partial charge in [0.2, 0.25) is 0 Å². The van der Waals surface area contributed by atoms with Gasteiger partial charge < -0.3 is 15.0 Å². The van der Waals surface area contributed by atoms with Crippen molar-refractivity contribution in [1.82, 2.24) is 15.3 Å². The zero-order chi connectivity index (χ0) is 14.7. The van der Waals surface area contributed by atoms with E-state index in [1.165, 1.54) is 17.5 Å². The number of ether oxygens (including phenoxy) is 1. The number of carbonyl (C=O) groups excluding carboxylic acids is 1. The summed E-state index contributed by atoms with van der Waals surface area (Å²) in [6.45, 7) is 1.90. The van der Waals surface area contributed by atoms with Gasteiger partial charge in [-0.1, -0.05) is 6.07 Å². The van der Waals surface area contributed by atoms with E-state index in [-0.39, 0.29) is 18.6 Å². The fraction of sp³-hybridized carbons (Fsp3) is 0.375. The summed E-state index contributed by atoms with van der Waals surface area (Å²) in [6, 6.07) is 5.93. The number of imidazole rings is 1. The predicted molar refractivity (Wildman–Crippen MR) is 79.1 cm³/mol. The van der Waals surface area contributed by atoms with Crippen LogP contribution in [0.15, 0.2) is 30.6 Å². The Hall–Kier alpha value is -2.30. The summed E-state index contributed by atoms with van der Waals surface area (Å²) in [5.41, 5.74) is 2.75. The molecule has 0 saturated heterocycles. The van der Waals surface area contributed by atoms with E-state index in [4.69, 9.17) is 4.74 Å². The molecule has 1 aromatic heterocycles. The molecule has 1 aliphatic rings. The fourth-order valence-electron chi connectivity index (χ4n) is 2.65. The number of hydrogen-bond donors (Lipinski definition) is 2. The van der Waals surface area contributed by atoms with Gasteiger partial charge in [-0.15, -0.1) is 0 Å². The molecule has 1 atom stereocenters. The first-order valence-electron chi connectivity index (χ1n) is 7.25. The number of aromatic amines is 1. The predicted octanol–water partition coefficient (Wildman–Crippen LogP) is 2.15. The van der Waals surface area contributed by atoms with Crippen LogP contribution in [0.4, 0.5) is 0 Å². The molecular formula is C16H19N3O2. The molecule has 0 spiro atoms. The van der Waals surface area contributed by atoms with Crippen molar-refractivity contribution in [2.75, 3.05) is 6.61 Å². The van der Waals surface area contributed by atoms with Crippen LogP contribution in [0.2, 0.25) is 0 Å². The molecule has 0 aliphatic heterocycles. The Kier molecular flexibility index (Phi) is 3.90. The van der Waals surface area contributed by atoms with Crippen LogP contribution in [0.25, 0.3) is 0 Å². The van der Waals surface area contributed by atoms with Crippen molar-refractivity contribution in [3.05, 3.63) is 47.5 Å². The smallest absolute Gasteiger partial charge is 0.258 e. The minimum Gasteiger partial charge on any atom is -0.484 e. The van der Waals surface area contributed by atoms with Crippen molar-refractivity contribution in [3.8, 4) is 5.75 Å². The molecule has 3 rings (SSSR count). The minimum atomic E-state index is -0.156. The lowest BCUT2D eigenvalue weighted by atomic mass is 10.1. The highest BCUT2D eigenvalue weighted by Crippen LogP contribution is 2.25. The van der Waals surface area contributed by atoms with Gasteiger partial charge in [0.05, 0.1) is 6.04 Å². The lowest BCUT2D eigenvalue weighted by Gasteiger charge is -2.12. The summed E-state index contributed by atoms with van der Waals surface area (Å²) in [4.78, 5) is 19.0. The molecule has 2 aromatic rings. The third-order valence-corrected chi connectivity index (χ3v) is 3.75. The number of aryl methyl sites for hydroxylation is 2. The normalized spacial score (nSPS) is 14.5. The van der Waals surface area contributed by atoms with Crippen LogP contribution in [0.3, 0.4) is 0 Å². The highest BCUT2D eigenvalue weighted by Gasteiger charge is 2.13. The van der Waals surface area contributed by atoms with Crippen molar-refractivity contribution < 1.29 is 9.53 Å². The number of nitrogens with one attached hydrogen (secondary N) is 2. The van der Waals surface area contributed by atoms with E-state index in [1.54, 1.807) is 12.4 Å². The van der Waals surface area contributed by atoms with Crippen LogP contribution in [0.5, 0.6) is 5.75 Å². The Bertz CT molecular complexity index is 622. The number of nitrogens with zero attached hydrogens (tertiary/aromatic N) is 1. The molecule has 2 N–H and O–H groups in total. The fourth-order valence-corrected chi connectivity index (χ4v) is 2.65. The van der Waals surface area contributed by atoms with Crippen LogP contribution in [0.1, 0.15) is 36.3 Å². The van der Waals surface area contributed by atoms with Crippen LogP contribution in [-0.2, 0) is 17.6 Å². The first-order valence-corrected chi connectivity index (χ1v) is 7.25. The van der Waals surface area contributed by atoms with E-state index in [2.05, 4.69) is 21.4 Å². The molecule has 1 unspecified atom stereocenters. The molecule has 21 heavy (non-hydrogen) atoms. The Morgan fingerprint density at radius 3 is 3.10 bits per heavy atom. The Morgan fingerprint density at radius 1 is 1.43 bits per heavy atom. The van der Waals surface area contributed by atoms with E-state index in [0.717, 1.165) is 24.4 Å². The summed E-state index contributed by atoms with van der Waals surface area (Å²) in [6.07, 6.45) is 6.86. The monoisotopic (exact) mass is 285 g/mol. The van der Waals surface area contributed by atoms with Gasteiger partial charge in [-0.05, 0) is 49.4 Å². The lowest BCUT2D eigenvalue weighted by Crippen LogP contribution is -2.31. The zero-order valence-electron chi connectivity index (χ0n) is 12.1. The van der Waals surface area contributed by atoms with Gasteiger partial charge in [-0.2, -0.15) is 0 Å². The molecular weight excluding hydrogens is 266 g/mol. The summed E-state index contributed by atoms with van der Waals surface area (Å²) in [5, 5.41) is 2.85. The van der Waals surface area contributed by atoms with Gasteiger partial charge in [0, 0.05) is 12.4 Å². The molecule has 1 aliphatic carbocycles. The molecule has 5 nitrogen and oxygen atoms in total. The zero-order valence-corrected chi connectivity index (χ0v) is 12.1. The van der Waals surface area contributed by atoms with Crippen molar-refractivity contribution in [2.45, 2.75) is 32.2 Å². The van der Waals surface area contributed by atoms with Gasteiger partial charge in [0.15, 0.2) is 6.61 Å². The Balaban J connectivity index is 1.52. The third kappa shape index (κ3) is 3.24. The number of rotatable bonds is 5. The maximum absolute atomic E-state index is 11.9. The number of fused-ring (bicyclic) bond motifs is 1. The topological polar surface area (TPSA) is 67.0 Å². The summed E-state index contributed by atoms with van der Waals surface area (Å²) in [7, 11) is 0. The molecule has 5 heteroatoms. The number of aromatic nitrogens is 2. The van der Waals surface area contributed by atoms with E-state index < -0.39 is 0 Å². The maximum atomic E-state index is 11.9. The molecule has 1 aromatic carbocycles. The van der Waals surface area contributed by atoms with Crippen LogP contribution < -0.4 is 10.1 Å². The first kappa shape index (κ1) is 13.7. The first-order chi connectivity index (χ1) is 10.2. The van der Waals surface area contributed by atoms with Gasteiger partial charge in [-0.3, -0.25) is 4.79 Å². The second-order valence-electron chi connectivity index (χ2n) is 5.34. The standard InChI is InChI=1S/C16H19N3O2/c1-11(16-17-7-8-18-16)19-15(20)10-21-14-6-5-12-3-2-4-13(12)9-14/h5-9,11H,2-4,10H2,1H3,(H,17,18)(H,19,20). The van der Waals surface area contributed by atoms with Crippen LogP contribution in [0, 0.1) is 0 Å². The van der Waals surface area contributed by atoms with E-state index in [9.17, 15) is 4.79 Å². The van der Waals surface area contributed by atoms with Crippen LogP contribution in [-0.4, -0.2) is 22.5 Å². The number of amides is 1.